The summed E-state index contributed by atoms with van der Waals surface area (Å²) in [5, 5.41) is 3.15. The maximum absolute atomic E-state index is 11.0. The number of carbonyl (C=O) groups excluding carboxylic acids is 1. The molecule has 0 saturated carbocycles. The SMILES string of the molecule is CCCNc1c(N)cc(C(N)=O)cc1OC. The molecule has 0 heterocycles. The van der Waals surface area contributed by atoms with Crippen LogP contribution in [0.1, 0.15) is 23.7 Å². The number of methoxy groups -OCH3 is 1. The van der Waals surface area contributed by atoms with E-state index in [0.717, 1.165) is 13.0 Å². The van der Waals surface area contributed by atoms with Crippen LogP contribution >= 0.6 is 0 Å². The van der Waals surface area contributed by atoms with Gasteiger partial charge in [-0.05, 0) is 18.6 Å². The van der Waals surface area contributed by atoms with Crippen molar-refractivity contribution in [3.8, 4) is 5.75 Å². The van der Waals surface area contributed by atoms with Crippen LogP contribution in [0.2, 0.25) is 0 Å². The molecule has 0 radical (unpaired) electrons. The van der Waals surface area contributed by atoms with Crippen molar-refractivity contribution in [1.29, 1.82) is 0 Å². The summed E-state index contributed by atoms with van der Waals surface area (Å²) in [6.07, 6.45) is 0.972. The van der Waals surface area contributed by atoms with Crippen LogP contribution in [0.3, 0.4) is 0 Å². The van der Waals surface area contributed by atoms with Gasteiger partial charge in [-0.25, -0.2) is 0 Å². The molecule has 0 spiro atoms. The summed E-state index contributed by atoms with van der Waals surface area (Å²) in [7, 11) is 1.52. The highest BCUT2D eigenvalue weighted by atomic mass is 16.5. The quantitative estimate of drug-likeness (QED) is 0.654. The fraction of sp³-hybridized carbons (Fsp3) is 0.364. The number of hydrogen-bond donors (Lipinski definition) is 3. The van der Waals surface area contributed by atoms with Crippen molar-refractivity contribution in [2.24, 2.45) is 5.73 Å². The molecule has 0 saturated heterocycles. The Morgan fingerprint density at radius 2 is 2.19 bits per heavy atom. The lowest BCUT2D eigenvalue weighted by Gasteiger charge is -2.14. The average Bonchev–Trinajstić information content (AvgIpc) is 2.26. The molecule has 5 nitrogen and oxygen atoms in total. The number of rotatable bonds is 5. The summed E-state index contributed by atoms with van der Waals surface area (Å²) < 4.78 is 5.16. The molecular weight excluding hydrogens is 206 g/mol. The van der Waals surface area contributed by atoms with Gasteiger partial charge in [0.15, 0.2) is 0 Å². The third kappa shape index (κ3) is 2.56. The topological polar surface area (TPSA) is 90.4 Å². The number of nitrogens with two attached hydrogens (primary N) is 2. The minimum atomic E-state index is -0.521. The van der Waals surface area contributed by atoms with E-state index in [1.54, 1.807) is 12.1 Å². The highest BCUT2D eigenvalue weighted by Gasteiger charge is 2.11. The molecule has 0 aliphatic carbocycles. The lowest BCUT2D eigenvalue weighted by Crippen LogP contribution is -2.13. The van der Waals surface area contributed by atoms with E-state index >= 15 is 0 Å². The van der Waals surface area contributed by atoms with Crippen molar-refractivity contribution in [1.82, 2.24) is 0 Å². The van der Waals surface area contributed by atoms with Gasteiger partial charge in [0.1, 0.15) is 11.4 Å². The zero-order valence-electron chi connectivity index (χ0n) is 9.54. The average molecular weight is 223 g/mol. The zero-order chi connectivity index (χ0) is 12.1. The highest BCUT2D eigenvalue weighted by molar-refractivity contribution is 5.96. The van der Waals surface area contributed by atoms with Gasteiger partial charge in [-0.15, -0.1) is 0 Å². The van der Waals surface area contributed by atoms with Gasteiger partial charge in [0.2, 0.25) is 5.91 Å². The second-order valence-electron chi connectivity index (χ2n) is 3.43. The van der Waals surface area contributed by atoms with Crippen molar-refractivity contribution in [2.75, 3.05) is 24.7 Å². The lowest BCUT2D eigenvalue weighted by molar-refractivity contribution is 0.1000. The molecule has 0 aromatic heterocycles. The normalized spacial score (nSPS) is 9.88. The van der Waals surface area contributed by atoms with E-state index in [2.05, 4.69) is 5.32 Å². The van der Waals surface area contributed by atoms with E-state index in [1.807, 2.05) is 6.92 Å². The zero-order valence-corrected chi connectivity index (χ0v) is 9.54. The van der Waals surface area contributed by atoms with Gasteiger partial charge >= 0.3 is 0 Å². The molecule has 88 valence electrons. The smallest absolute Gasteiger partial charge is 0.248 e. The van der Waals surface area contributed by atoms with Crippen molar-refractivity contribution in [3.63, 3.8) is 0 Å². The van der Waals surface area contributed by atoms with Gasteiger partial charge in [-0.3, -0.25) is 4.79 Å². The maximum atomic E-state index is 11.0. The summed E-state index contributed by atoms with van der Waals surface area (Å²) in [5.41, 5.74) is 12.5. The first kappa shape index (κ1) is 12.2. The van der Waals surface area contributed by atoms with Gasteiger partial charge in [-0.1, -0.05) is 6.92 Å². The number of anilines is 2. The summed E-state index contributed by atoms with van der Waals surface area (Å²) in [4.78, 5) is 11.0. The minimum Gasteiger partial charge on any atom is -0.494 e. The number of amides is 1. The van der Waals surface area contributed by atoms with E-state index in [1.165, 1.54) is 7.11 Å². The number of ether oxygens (including phenoxy) is 1. The predicted molar refractivity (Wildman–Crippen MR) is 64.7 cm³/mol. The first-order valence-corrected chi connectivity index (χ1v) is 5.11. The molecular formula is C11H17N3O2. The Hall–Kier alpha value is -1.91. The molecule has 1 aromatic rings. The van der Waals surface area contributed by atoms with Crippen LogP contribution in [0.5, 0.6) is 5.75 Å². The Bertz CT molecular complexity index is 391. The van der Waals surface area contributed by atoms with E-state index < -0.39 is 5.91 Å². The van der Waals surface area contributed by atoms with Crippen LogP contribution < -0.4 is 21.5 Å². The minimum absolute atomic E-state index is 0.344. The largest absolute Gasteiger partial charge is 0.494 e. The molecule has 0 fully saturated rings. The van der Waals surface area contributed by atoms with Crippen LogP contribution in [0, 0.1) is 0 Å². The molecule has 0 aliphatic rings. The second-order valence-corrected chi connectivity index (χ2v) is 3.43. The maximum Gasteiger partial charge on any atom is 0.248 e. The molecule has 5 N–H and O–H groups in total. The highest BCUT2D eigenvalue weighted by Crippen LogP contribution is 2.32. The number of nitrogen functional groups attached to an aromatic ring is 1. The molecule has 0 unspecified atom stereocenters. The van der Waals surface area contributed by atoms with Crippen molar-refractivity contribution >= 4 is 17.3 Å². The van der Waals surface area contributed by atoms with Gasteiger partial charge < -0.3 is 21.5 Å². The van der Waals surface area contributed by atoms with Gasteiger partial charge in [-0.2, -0.15) is 0 Å². The number of benzene rings is 1. The van der Waals surface area contributed by atoms with Crippen LogP contribution in [0.4, 0.5) is 11.4 Å². The van der Waals surface area contributed by atoms with Crippen LogP contribution in [0.15, 0.2) is 12.1 Å². The third-order valence-electron chi connectivity index (χ3n) is 2.19. The summed E-state index contributed by atoms with van der Waals surface area (Å²) in [5.74, 6) is 0.00860. The second kappa shape index (κ2) is 5.25. The van der Waals surface area contributed by atoms with Crippen molar-refractivity contribution in [3.05, 3.63) is 17.7 Å². The van der Waals surface area contributed by atoms with Crippen LogP contribution in [-0.2, 0) is 0 Å². The van der Waals surface area contributed by atoms with Gasteiger partial charge in [0, 0.05) is 12.1 Å². The number of hydrogen-bond acceptors (Lipinski definition) is 4. The molecule has 0 bridgehead atoms. The molecule has 0 atom stereocenters. The molecule has 1 aromatic carbocycles. The predicted octanol–water partition coefficient (Wildman–Crippen LogP) is 1.20. The van der Waals surface area contributed by atoms with Gasteiger partial charge in [0.05, 0.1) is 12.8 Å². The summed E-state index contributed by atoms with van der Waals surface area (Å²) >= 11 is 0. The van der Waals surface area contributed by atoms with E-state index in [-0.39, 0.29) is 0 Å². The van der Waals surface area contributed by atoms with E-state index in [0.29, 0.717) is 22.7 Å². The molecule has 1 amide bonds. The fourth-order valence-corrected chi connectivity index (χ4v) is 1.38. The third-order valence-corrected chi connectivity index (χ3v) is 2.19. The Morgan fingerprint density at radius 3 is 2.69 bits per heavy atom. The number of primary amides is 1. The number of carbonyl (C=O) groups is 1. The Kier molecular flexibility index (Phi) is 3.99. The Labute approximate surface area is 94.8 Å². The summed E-state index contributed by atoms with van der Waals surface area (Å²) in [6, 6.07) is 3.12. The lowest BCUT2D eigenvalue weighted by atomic mass is 10.1. The monoisotopic (exact) mass is 223 g/mol. The van der Waals surface area contributed by atoms with Gasteiger partial charge in [0.25, 0.3) is 0 Å². The fourth-order valence-electron chi connectivity index (χ4n) is 1.38. The molecule has 1 rings (SSSR count). The van der Waals surface area contributed by atoms with Crippen LogP contribution in [0.25, 0.3) is 0 Å². The van der Waals surface area contributed by atoms with Crippen molar-refractivity contribution in [2.45, 2.75) is 13.3 Å². The van der Waals surface area contributed by atoms with E-state index in [4.69, 9.17) is 16.2 Å². The van der Waals surface area contributed by atoms with Crippen molar-refractivity contribution < 1.29 is 9.53 Å². The van der Waals surface area contributed by atoms with E-state index in [9.17, 15) is 4.79 Å². The standard InChI is InChI=1S/C11H17N3O2/c1-3-4-14-10-8(12)5-7(11(13)15)6-9(10)16-2/h5-6,14H,3-4,12H2,1-2H3,(H2,13,15). The Morgan fingerprint density at radius 1 is 1.50 bits per heavy atom. The molecule has 0 aliphatic heterocycles. The van der Waals surface area contributed by atoms with Crippen LogP contribution in [-0.4, -0.2) is 19.6 Å². The Balaban J connectivity index is 3.12. The molecule has 5 heteroatoms. The first-order valence-electron chi connectivity index (χ1n) is 5.11. The summed E-state index contributed by atoms with van der Waals surface area (Å²) in [6.45, 7) is 2.84. The number of nitrogens with one attached hydrogen (secondary N) is 1. The molecule has 16 heavy (non-hydrogen) atoms. The first-order chi connectivity index (χ1) is 7.60.